The summed E-state index contributed by atoms with van der Waals surface area (Å²) in [5, 5.41) is 5.71. The minimum absolute atomic E-state index is 0.367. The molecule has 0 aliphatic rings. The van der Waals surface area contributed by atoms with E-state index in [-0.39, 0.29) is 0 Å². The van der Waals surface area contributed by atoms with Gasteiger partial charge in [0.2, 0.25) is 0 Å². The first-order valence-electron chi connectivity index (χ1n) is 6.14. The third kappa shape index (κ3) is 4.24. The summed E-state index contributed by atoms with van der Waals surface area (Å²) in [7, 11) is 0. The van der Waals surface area contributed by atoms with Crippen LogP contribution >= 0.6 is 11.3 Å². The average molecular weight is 241 g/mol. The number of hydrogen-bond acceptors (Lipinski definition) is 3. The molecule has 0 saturated heterocycles. The van der Waals surface area contributed by atoms with E-state index in [0.29, 0.717) is 6.04 Å². The number of ether oxygens (including phenoxy) is 1. The second kappa shape index (κ2) is 7.82. The van der Waals surface area contributed by atoms with Gasteiger partial charge in [-0.05, 0) is 43.3 Å². The SMILES string of the molecule is CCCNC(COCCC)c1sccc1C. The molecule has 0 spiro atoms. The van der Waals surface area contributed by atoms with Gasteiger partial charge >= 0.3 is 0 Å². The molecule has 1 aromatic rings. The maximum absolute atomic E-state index is 5.66. The van der Waals surface area contributed by atoms with Crippen molar-refractivity contribution in [3.63, 3.8) is 0 Å². The molecule has 1 rings (SSSR count). The fourth-order valence-electron chi connectivity index (χ4n) is 1.63. The molecule has 0 saturated carbocycles. The summed E-state index contributed by atoms with van der Waals surface area (Å²) < 4.78 is 5.66. The van der Waals surface area contributed by atoms with Crippen molar-refractivity contribution >= 4 is 11.3 Å². The summed E-state index contributed by atoms with van der Waals surface area (Å²) in [5.74, 6) is 0. The molecule has 1 aromatic heterocycles. The summed E-state index contributed by atoms with van der Waals surface area (Å²) in [4.78, 5) is 1.42. The number of thiophene rings is 1. The molecule has 1 heterocycles. The van der Waals surface area contributed by atoms with E-state index in [1.807, 2.05) is 11.3 Å². The predicted octanol–water partition coefficient (Wildman–Crippen LogP) is 3.52. The summed E-state index contributed by atoms with van der Waals surface area (Å²) in [5.41, 5.74) is 1.37. The molecule has 0 aromatic carbocycles. The van der Waals surface area contributed by atoms with Gasteiger partial charge in [0.05, 0.1) is 12.6 Å². The van der Waals surface area contributed by atoms with Crippen LogP contribution < -0.4 is 5.32 Å². The summed E-state index contributed by atoms with van der Waals surface area (Å²) >= 11 is 1.82. The molecule has 0 aliphatic heterocycles. The van der Waals surface area contributed by atoms with Gasteiger partial charge in [0.25, 0.3) is 0 Å². The van der Waals surface area contributed by atoms with Crippen LogP contribution in [0.4, 0.5) is 0 Å². The van der Waals surface area contributed by atoms with Gasteiger partial charge in [-0.1, -0.05) is 13.8 Å². The molecule has 0 bridgehead atoms. The van der Waals surface area contributed by atoms with Crippen LogP contribution in [-0.4, -0.2) is 19.8 Å². The zero-order valence-corrected chi connectivity index (χ0v) is 11.4. The number of hydrogen-bond donors (Lipinski definition) is 1. The van der Waals surface area contributed by atoms with Gasteiger partial charge in [0.1, 0.15) is 0 Å². The fraction of sp³-hybridized carbons (Fsp3) is 0.692. The van der Waals surface area contributed by atoms with Crippen LogP contribution in [0.15, 0.2) is 11.4 Å². The molecule has 1 atom stereocenters. The van der Waals surface area contributed by atoms with Gasteiger partial charge < -0.3 is 10.1 Å². The summed E-state index contributed by atoms with van der Waals surface area (Å²) in [6, 6.07) is 2.55. The molecule has 0 fully saturated rings. The van der Waals surface area contributed by atoms with Gasteiger partial charge in [0, 0.05) is 11.5 Å². The smallest absolute Gasteiger partial charge is 0.0669 e. The third-order valence-electron chi connectivity index (χ3n) is 2.49. The molecule has 0 amide bonds. The topological polar surface area (TPSA) is 21.3 Å². The normalized spacial score (nSPS) is 12.9. The van der Waals surface area contributed by atoms with E-state index in [9.17, 15) is 0 Å². The van der Waals surface area contributed by atoms with Crippen LogP contribution in [0.5, 0.6) is 0 Å². The van der Waals surface area contributed by atoms with E-state index in [1.54, 1.807) is 0 Å². The second-order valence-corrected chi connectivity index (χ2v) is 5.00. The minimum Gasteiger partial charge on any atom is -0.379 e. The maximum atomic E-state index is 5.66. The molecule has 3 heteroatoms. The summed E-state index contributed by atoms with van der Waals surface area (Å²) in [6.45, 7) is 9.21. The zero-order valence-electron chi connectivity index (χ0n) is 10.6. The van der Waals surface area contributed by atoms with Crippen LogP contribution in [0.2, 0.25) is 0 Å². The van der Waals surface area contributed by atoms with E-state index < -0.39 is 0 Å². The Bertz CT molecular complexity index is 285. The predicted molar refractivity (Wildman–Crippen MR) is 71.2 cm³/mol. The minimum atomic E-state index is 0.367. The van der Waals surface area contributed by atoms with Gasteiger partial charge in [-0.3, -0.25) is 0 Å². The maximum Gasteiger partial charge on any atom is 0.0669 e. The Morgan fingerprint density at radius 3 is 2.75 bits per heavy atom. The molecule has 0 radical (unpaired) electrons. The highest BCUT2D eigenvalue weighted by atomic mass is 32.1. The Hall–Kier alpha value is -0.380. The highest BCUT2D eigenvalue weighted by Gasteiger charge is 2.14. The Morgan fingerprint density at radius 1 is 1.38 bits per heavy atom. The fourth-order valence-corrected chi connectivity index (χ4v) is 2.62. The first kappa shape index (κ1) is 13.7. The zero-order chi connectivity index (χ0) is 11.8. The monoisotopic (exact) mass is 241 g/mol. The first-order valence-corrected chi connectivity index (χ1v) is 7.02. The van der Waals surface area contributed by atoms with Crippen molar-refractivity contribution in [3.8, 4) is 0 Å². The van der Waals surface area contributed by atoms with E-state index >= 15 is 0 Å². The van der Waals surface area contributed by atoms with Crippen molar-refractivity contribution in [2.45, 2.75) is 39.7 Å². The summed E-state index contributed by atoms with van der Waals surface area (Å²) in [6.07, 6.45) is 2.25. The van der Waals surface area contributed by atoms with Crippen LogP contribution in [0.1, 0.15) is 43.2 Å². The standard InChI is InChI=1S/C13H23NOS/c1-4-7-14-12(10-15-8-5-2)13-11(3)6-9-16-13/h6,9,12,14H,4-5,7-8,10H2,1-3H3. The Labute approximate surface area is 103 Å². The molecule has 0 aliphatic carbocycles. The Kier molecular flexibility index (Phi) is 6.69. The molecule has 16 heavy (non-hydrogen) atoms. The number of rotatable bonds is 8. The molecular formula is C13H23NOS. The molecule has 92 valence electrons. The molecule has 1 N–H and O–H groups in total. The quantitative estimate of drug-likeness (QED) is 0.703. The van der Waals surface area contributed by atoms with E-state index in [4.69, 9.17) is 4.74 Å². The lowest BCUT2D eigenvalue weighted by Crippen LogP contribution is -2.26. The van der Waals surface area contributed by atoms with Crippen LogP contribution in [0.3, 0.4) is 0 Å². The molecule has 1 unspecified atom stereocenters. The number of nitrogens with one attached hydrogen (secondary N) is 1. The van der Waals surface area contributed by atoms with Crippen molar-refractivity contribution in [2.75, 3.05) is 19.8 Å². The van der Waals surface area contributed by atoms with Crippen molar-refractivity contribution in [1.29, 1.82) is 0 Å². The van der Waals surface area contributed by atoms with Crippen molar-refractivity contribution in [2.24, 2.45) is 0 Å². The third-order valence-corrected chi connectivity index (χ3v) is 3.62. The largest absolute Gasteiger partial charge is 0.379 e. The van der Waals surface area contributed by atoms with E-state index in [1.165, 1.54) is 10.4 Å². The van der Waals surface area contributed by atoms with Crippen LogP contribution in [0, 0.1) is 6.92 Å². The van der Waals surface area contributed by atoms with E-state index in [2.05, 4.69) is 37.5 Å². The van der Waals surface area contributed by atoms with Gasteiger partial charge in [0.15, 0.2) is 0 Å². The average Bonchev–Trinajstić information content (AvgIpc) is 2.70. The first-order chi connectivity index (χ1) is 7.79. The van der Waals surface area contributed by atoms with Gasteiger partial charge in [-0.2, -0.15) is 0 Å². The lowest BCUT2D eigenvalue weighted by Gasteiger charge is -2.18. The number of aryl methyl sites for hydroxylation is 1. The van der Waals surface area contributed by atoms with Gasteiger partial charge in [-0.25, -0.2) is 0 Å². The Morgan fingerprint density at radius 2 is 2.19 bits per heavy atom. The van der Waals surface area contributed by atoms with Crippen molar-refractivity contribution in [1.82, 2.24) is 5.32 Å². The lowest BCUT2D eigenvalue weighted by atomic mass is 10.2. The van der Waals surface area contributed by atoms with Gasteiger partial charge in [-0.15, -0.1) is 11.3 Å². The highest BCUT2D eigenvalue weighted by Crippen LogP contribution is 2.24. The Balaban J connectivity index is 2.53. The highest BCUT2D eigenvalue weighted by molar-refractivity contribution is 7.10. The van der Waals surface area contributed by atoms with Crippen molar-refractivity contribution < 1.29 is 4.74 Å². The van der Waals surface area contributed by atoms with E-state index in [0.717, 1.165) is 32.6 Å². The molecule has 2 nitrogen and oxygen atoms in total. The van der Waals surface area contributed by atoms with Crippen molar-refractivity contribution in [3.05, 3.63) is 21.9 Å². The van der Waals surface area contributed by atoms with Crippen LogP contribution in [-0.2, 0) is 4.74 Å². The lowest BCUT2D eigenvalue weighted by molar-refractivity contribution is 0.112. The second-order valence-electron chi connectivity index (χ2n) is 4.05. The van der Waals surface area contributed by atoms with Crippen LogP contribution in [0.25, 0.3) is 0 Å². The molecular weight excluding hydrogens is 218 g/mol.